The standard InChI is InChI=1S/C22H17F2N3O3/c1-12(13-9-10-18-19(11-13)30-22(23,24)29-18)25-21(28)15-6-4-5-14(15)20-26-16-7-2-3-8-17(16)27-20/h2-3,7-12,14-15H,5H2,1H3,(H,25,28)(H,26,27)/t12-,14+,15+/m1/s1. The van der Waals surface area contributed by atoms with Crippen molar-refractivity contribution < 1.29 is 23.0 Å². The molecule has 3 aromatic rings. The van der Waals surface area contributed by atoms with Crippen molar-refractivity contribution in [2.24, 2.45) is 5.92 Å². The molecule has 3 atom stereocenters. The van der Waals surface area contributed by atoms with Crippen LogP contribution in [-0.4, -0.2) is 22.2 Å². The van der Waals surface area contributed by atoms with Gasteiger partial charge in [0.2, 0.25) is 5.91 Å². The van der Waals surface area contributed by atoms with E-state index in [9.17, 15) is 13.6 Å². The molecule has 2 N–H and O–H groups in total. The van der Waals surface area contributed by atoms with Crippen LogP contribution in [0.2, 0.25) is 0 Å². The quantitative estimate of drug-likeness (QED) is 0.642. The van der Waals surface area contributed by atoms with Crippen molar-refractivity contribution in [3.8, 4) is 23.3 Å². The van der Waals surface area contributed by atoms with Gasteiger partial charge in [0.15, 0.2) is 11.5 Å². The molecule has 0 saturated carbocycles. The summed E-state index contributed by atoms with van der Waals surface area (Å²) in [5.41, 5.74) is 2.36. The summed E-state index contributed by atoms with van der Waals surface area (Å²) in [4.78, 5) is 20.8. The highest BCUT2D eigenvalue weighted by atomic mass is 19.3. The zero-order valence-corrected chi connectivity index (χ0v) is 15.9. The Hall–Kier alpha value is -3.60. The van der Waals surface area contributed by atoms with Crippen molar-refractivity contribution >= 4 is 16.9 Å². The molecule has 5 rings (SSSR count). The first-order chi connectivity index (χ1) is 14.4. The monoisotopic (exact) mass is 409 g/mol. The summed E-state index contributed by atoms with van der Waals surface area (Å²) in [5, 5.41) is 2.92. The number of hydrogen-bond acceptors (Lipinski definition) is 4. The number of para-hydroxylation sites is 2. The molecule has 0 radical (unpaired) electrons. The average molecular weight is 409 g/mol. The first-order valence-corrected chi connectivity index (χ1v) is 9.53. The summed E-state index contributed by atoms with van der Waals surface area (Å²) in [6.45, 7) is 1.77. The number of nitrogens with zero attached hydrogens (tertiary/aromatic N) is 1. The normalized spacial score (nSPS) is 21.8. The molecular weight excluding hydrogens is 392 g/mol. The van der Waals surface area contributed by atoms with Crippen LogP contribution in [0.3, 0.4) is 0 Å². The molecule has 152 valence electrons. The van der Waals surface area contributed by atoms with Gasteiger partial charge in [-0.1, -0.05) is 24.1 Å². The Balaban J connectivity index is 1.32. The lowest BCUT2D eigenvalue weighted by molar-refractivity contribution is -0.286. The van der Waals surface area contributed by atoms with Crippen molar-refractivity contribution in [2.75, 3.05) is 0 Å². The van der Waals surface area contributed by atoms with Crippen LogP contribution in [0.4, 0.5) is 8.78 Å². The third-order valence-corrected chi connectivity index (χ3v) is 5.31. The number of halogens is 2. The lowest BCUT2D eigenvalue weighted by atomic mass is 9.93. The first-order valence-electron chi connectivity index (χ1n) is 9.53. The molecule has 30 heavy (non-hydrogen) atoms. The number of aromatic nitrogens is 2. The predicted octanol–water partition coefficient (Wildman–Crippen LogP) is 3.87. The van der Waals surface area contributed by atoms with Crippen LogP contribution >= 0.6 is 0 Å². The number of imidazole rings is 1. The molecule has 8 heteroatoms. The number of benzene rings is 2. The summed E-state index contributed by atoms with van der Waals surface area (Å²) >= 11 is 0. The van der Waals surface area contributed by atoms with E-state index in [1.807, 2.05) is 24.3 Å². The highest BCUT2D eigenvalue weighted by Gasteiger charge is 2.43. The largest absolute Gasteiger partial charge is 0.586 e. The summed E-state index contributed by atoms with van der Waals surface area (Å²) in [7, 11) is 0. The molecule has 1 aromatic heterocycles. The van der Waals surface area contributed by atoms with Gasteiger partial charge >= 0.3 is 6.29 Å². The fraction of sp³-hybridized carbons (Fsp3) is 0.273. The lowest BCUT2D eigenvalue weighted by Gasteiger charge is -2.20. The van der Waals surface area contributed by atoms with Gasteiger partial charge in [-0.2, -0.15) is 0 Å². The van der Waals surface area contributed by atoms with Gasteiger partial charge in [-0.3, -0.25) is 4.79 Å². The Kier molecular flexibility index (Phi) is 4.13. The molecule has 0 saturated heterocycles. The zero-order chi connectivity index (χ0) is 20.9. The number of hydrogen-bond donors (Lipinski definition) is 2. The third kappa shape index (κ3) is 3.22. The maximum atomic E-state index is 13.2. The molecule has 1 aliphatic heterocycles. The van der Waals surface area contributed by atoms with Crippen LogP contribution in [0, 0.1) is 17.8 Å². The van der Waals surface area contributed by atoms with Gasteiger partial charge in [0.1, 0.15) is 11.7 Å². The van der Waals surface area contributed by atoms with Gasteiger partial charge in [-0.25, -0.2) is 4.98 Å². The fourth-order valence-electron chi connectivity index (χ4n) is 3.77. The minimum absolute atomic E-state index is 0.0334. The van der Waals surface area contributed by atoms with E-state index >= 15 is 0 Å². The van der Waals surface area contributed by atoms with E-state index in [-0.39, 0.29) is 23.3 Å². The molecular formula is C22H17F2N3O3. The van der Waals surface area contributed by atoms with Crippen molar-refractivity contribution in [3.63, 3.8) is 0 Å². The number of rotatable bonds is 4. The summed E-state index contributed by atoms with van der Waals surface area (Å²) in [6, 6.07) is 11.7. The highest BCUT2D eigenvalue weighted by Crippen LogP contribution is 2.42. The Morgan fingerprint density at radius 3 is 2.90 bits per heavy atom. The molecule has 0 unspecified atom stereocenters. The Morgan fingerprint density at radius 1 is 1.27 bits per heavy atom. The molecule has 2 aliphatic rings. The minimum Gasteiger partial charge on any atom is -0.395 e. The topological polar surface area (TPSA) is 76.2 Å². The SMILES string of the molecule is C[C@@H](NC(=O)[C@H]1C#CC[C@@H]1c1nc2ccccc2[nH]1)c1ccc2c(c1)OC(F)(F)O2. The third-order valence-electron chi connectivity index (χ3n) is 5.31. The molecule has 0 spiro atoms. The van der Waals surface area contributed by atoms with E-state index in [0.717, 1.165) is 11.0 Å². The zero-order valence-electron chi connectivity index (χ0n) is 15.9. The smallest absolute Gasteiger partial charge is 0.395 e. The fourth-order valence-corrected chi connectivity index (χ4v) is 3.77. The highest BCUT2D eigenvalue weighted by molar-refractivity contribution is 5.84. The number of ether oxygens (including phenoxy) is 2. The number of alkyl halides is 2. The van der Waals surface area contributed by atoms with Gasteiger partial charge in [-0.15, -0.1) is 14.7 Å². The van der Waals surface area contributed by atoms with Crippen molar-refractivity contribution in [1.29, 1.82) is 0 Å². The number of amides is 1. The van der Waals surface area contributed by atoms with Crippen LogP contribution < -0.4 is 14.8 Å². The van der Waals surface area contributed by atoms with Crippen LogP contribution in [0.25, 0.3) is 11.0 Å². The second-order valence-corrected chi connectivity index (χ2v) is 7.35. The van der Waals surface area contributed by atoms with E-state index in [1.54, 1.807) is 13.0 Å². The number of fused-ring (bicyclic) bond motifs is 2. The van der Waals surface area contributed by atoms with Gasteiger partial charge in [0, 0.05) is 6.42 Å². The number of nitrogens with one attached hydrogen (secondary N) is 2. The van der Waals surface area contributed by atoms with Gasteiger partial charge in [0.05, 0.1) is 23.0 Å². The number of aromatic amines is 1. The first kappa shape index (κ1) is 18.4. The molecule has 0 fully saturated rings. The number of carbonyl (C=O) groups excluding carboxylic acids is 1. The molecule has 2 heterocycles. The van der Waals surface area contributed by atoms with Crippen LogP contribution in [-0.2, 0) is 4.79 Å². The second kappa shape index (κ2) is 6.73. The number of H-pyrrole nitrogens is 1. The molecule has 2 aromatic carbocycles. The molecule has 1 aliphatic carbocycles. The average Bonchev–Trinajstić information content (AvgIpc) is 3.41. The van der Waals surface area contributed by atoms with Crippen molar-refractivity contribution in [2.45, 2.75) is 31.6 Å². The molecule has 0 bridgehead atoms. The van der Waals surface area contributed by atoms with Crippen LogP contribution in [0.5, 0.6) is 11.5 Å². The second-order valence-electron chi connectivity index (χ2n) is 7.35. The van der Waals surface area contributed by atoms with E-state index < -0.39 is 18.3 Å². The lowest BCUT2D eigenvalue weighted by Crippen LogP contribution is -2.34. The predicted molar refractivity (Wildman–Crippen MR) is 104 cm³/mol. The van der Waals surface area contributed by atoms with E-state index in [4.69, 9.17) is 0 Å². The number of carbonyl (C=O) groups is 1. The maximum absolute atomic E-state index is 13.2. The van der Waals surface area contributed by atoms with Gasteiger partial charge in [-0.05, 0) is 36.8 Å². The van der Waals surface area contributed by atoms with Gasteiger partial charge in [0.25, 0.3) is 0 Å². The van der Waals surface area contributed by atoms with Gasteiger partial charge < -0.3 is 19.8 Å². The molecule has 1 amide bonds. The minimum atomic E-state index is -3.67. The summed E-state index contributed by atoms with van der Waals surface area (Å²) < 4.78 is 35.4. The van der Waals surface area contributed by atoms with E-state index in [1.165, 1.54) is 12.1 Å². The molecule has 6 nitrogen and oxygen atoms in total. The van der Waals surface area contributed by atoms with E-state index in [2.05, 4.69) is 36.6 Å². The van der Waals surface area contributed by atoms with E-state index in [0.29, 0.717) is 17.8 Å². The Morgan fingerprint density at radius 2 is 2.07 bits per heavy atom. The summed E-state index contributed by atoms with van der Waals surface area (Å²) in [5.74, 6) is 5.65. The Bertz CT molecular complexity index is 1180. The van der Waals surface area contributed by atoms with Crippen molar-refractivity contribution in [1.82, 2.24) is 15.3 Å². The maximum Gasteiger partial charge on any atom is 0.586 e. The van der Waals surface area contributed by atoms with Crippen LogP contribution in [0.15, 0.2) is 42.5 Å². The van der Waals surface area contributed by atoms with Crippen LogP contribution in [0.1, 0.15) is 36.7 Å². The van der Waals surface area contributed by atoms with Crippen molar-refractivity contribution in [3.05, 3.63) is 53.9 Å². The summed E-state index contributed by atoms with van der Waals surface area (Å²) in [6.07, 6.45) is -3.14. The Labute approximate surface area is 170 Å².